The summed E-state index contributed by atoms with van der Waals surface area (Å²) in [6, 6.07) is 0. The number of nitrogens with zero attached hydrogens (tertiary/aromatic N) is 2. The van der Waals surface area contributed by atoms with Crippen LogP contribution in [0, 0.1) is 81.6 Å². The second kappa shape index (κ2) is 45.8. The minimum Gasteiger partial charge on any atom is -0.457 e. The molecule has 26 atom stereocenters. The molecular weight excluding hydrogens is 1790 g/mol. The zero-order chi connectivity index (χ0) is 89.9. The Kier molecular flexibility index (Phi) is 42.9. The molecule has 15 aliphatic rings. The third-order valence-electron chi connectivity index (χ3n) is 27.1. The second-order valence-electron chi connectivity index (χ2n) is 36.2. The van der Waals surface area contributed by atoms with Gasteiger partial charge in [-0.2, -0.15) is 34.8 Å². The van der Waals surface area contributed by atoms with Crippen molar-refractivity contribution in [1.82, 2.24) is 0 Å². The Hall–Kier alpha value is -8.35. The fourth-order valence-corrected chi connectivity index (χ4v) is 23.6. The molecule has 0 radical (unpaired) electrons. The van der Waals surface area contributed by atoms with E-state index in [0.29, 0.717) is 64.2 Å². The highest BCUT2D eigenvalue weighted by Gasteiger charge is 2.80. The Labute approximate surface area is 774 Å². The first-order valence-corrected chi connectivity index (χ1v) is 44.8. The molecule has 15 rings (SSSR count). The molecule has 26 unspecified atom stereocenters. The number of carbonyl (C=O) groups excluding carboxylic acids is 14. The van der Waals surface area contributed by atoms with E-state index in [1.54, 1.807) is 69.2 Å². The SMILES string of the molecule is C.C.C.C.C.C.C.C.C.C.CCC(C)(C)C(=O)OCC(=O)OC1C2CC3C(O2)C1OS3(=O)=O.CCC(C)(C)C(=O)OCC(=O)OC1C2CC3C1OS(=O)(=O)C3C2.CCC(C)(C)C(=O)OCC(=O)OC1C2CC3C1OS(=O)(=O)C3C2C.O=C=O.[C-]#[N+]C12CC3CC1C(OC2=O)C3OC(=O)COC(=O)C(C)(C)CC.[C-]#[N+]C12CC3OC1C(OC2=O)C3OC(=O)COC(=O)C(C)(C)CC. The molecular formula is C89H146N2O37S3. The lowest BCUT2D eigenvalue weighted by molar-refractivity contribution is -0.192. The van der Waals surface area contributed by atoms with Crippen molar-refractivity contribution in [3.05, 3.63) is 22.8 Å². The summed E-state index contributed by atoms with van der Waals surface area (Å²) < 4.78 is 160. The van der Waals surface area contributed by atoms with Crippen molar-refractivity contribution < 1.29 is 171 Å². The van der Waals surface area contributed by atoms with Crippen LogP contribution in [-0.4, -0.2) is 248 Å². The average molecular weight is 1930 g/mol. The van der Waals surface area contributed by atoms with E-state index in [9.17, 15) is 82.8 Å². The Morgan fingerprint density at radius 3 is 1.14 bits per heavy atom. The van der Waals surface area contributed by atoms with Gasteiger partial charge >= 0.3 is 88.9 Å². The molecule has 6 saturated carbocycles. The highest BCUT2D eigenvalue weighted by atomic mass is 32.2. The molecule has 0 spiro atoms. The molecule has 15 fully saturated rings. The van der Waals surface area contributed by atoms with Gasteiger partial charge < -0.3 is 66.3 Å². The summed E-state index contributed by atoms with van der Waals surface area (Å²) in [6.07, 6.45) is -2.30. The Morgan fingerprint density at radius 2 is 0.733 bits per heavy atom. The number of hydrogen-bond acceptors (Lipinski definition) is 37. The zero-order valence-electron chi connectivity index (χ0n) is 70.1. The molecule has 0 aromatic heterocycles. The van der Waals surface area contributed by atoms with Gasteiger partial charge in [-0.1, -0.05) is 116 Å². The van der Waals surface area contributed by atoms with Crippen molar-refractivity contribution in [3.63, 3.8) is 0 Å². The highest BCUT2D eigenvalue weighted by molar-refractivity contribution is 7.88. The van der Waals surface area contributed by atoms with Crippen LogP contribution in [0.3, 0.4) is 0 Å². The molecule has 0 aromatic rings. The van der Waals surface area contributed by atoms with Crippen LogP contribution < -0.4 is 0 Å². The van der Waals surface area contributed by atoms with Crippen LogP contribution in [0.2, 0.25) is 0 Å². The smallest absolute Gasteiger partial charge is 0.397 e. The van der Waals surface area contributed by atoms with E-state index in [1.807, 2.05) is 41.5 Å². The molecule has 6 aliphatic carbocycles. The molecule has 0 aromatic carbocycles. The van der Waals surface area contributed by atoms with Crippen molar-refractivity contribution >= 4 is 108 Å². The van der Waals surface area contributed by atoms with Gasteiger partial charge in [-0.25, -0.2) is 46.7 Å². The molecule has 10 bridgehead atoms. The van der Waals surface area contributed by atoms with Crippen LogP contribution in [0.5, 0.6) is 0 Å². The summed E-state index contributed by atoms with van der Waals surface area (Å²) in [7, 11) is -10.7. The number of hydrogen-bond donors (Lipinski definition) is 0. The molecule has 0 amide bonds. The molecule has 39 nitrogen and oxygen atoms in total. The number of esters is 12. The summed E-state index contributed by atoms with van der Waals surface area (Å²) >= 11 is 0. The van der Waals surface area contributed by atoms with E-state index < -0.39 is 274 Å². The molecule has 131 heavy (non-hydrogen) atoms. The van der Waals surface area contributed by atoms with Crippen LogP contribution in [0.15, 0.2) is 0 Å². The number of carbonyl (C=O) groups is 12. The Balaban J connectivity index is 0.00000157. The molecule has 42 heteroatoms. The van der Waals surface area contributed by atoms with E-state index in [4.69, 9.17) is 102 Å². The third kappa shape index (κ3) is 23.8. The van der Waals surface area contributed by atoms with Crippen LogP contribution in [0.1, 0.15) is 262 Å². The summed E-state index contributed by atoms with van der Waals surface area (Å²) in [5.41, 5.74) is -5.67. The predicted molar refractivity (Wildman–Crippen MR) is 468 cm³/mol. The fraction of sp³-hybridized carbons (Fsp3) is 0.831. The van der Waals surface area contributed by atoms with E-state index in [2.05, 4.69) is 9.69 Å². The van der Waals surface area contributed by atoms with Gasteiger partial charge in [0, 0.05) is 36.0 Å². The maximum absolute atomic E-state index is 12.0. The van der Waals surface area contributed by atoms with E-state index in [-0.39, 0.29) is 135 Å². The maximum Gasteiger partial charge on any atom is 0.397 e. The monoisotopic (exact) mass is 1930 g/mol. The second-order valence-corrected chi connectivity index (χ2v) is 41.5. The van der Waals surface area contributed by atoms with E-state index in [0.717, 1.165) is 0 Å². The average Bonchev–Trinajstić information content (AvgIpc) is 1.54. The molecule has 9 heterocycles. The van der Waals surface area contributed by atoms with Crippen LogP contribution >= 0.6 is 0 Å². The van der Waals surface area contributed by atoms with Crippen LogP contribution in [-0.2, 0) is 176 Å². The molecule has 9 saturated heterocycles. The molecule has 0 N–H and O–H groups in total. The topological polar surface area (TPSA) is 507 Å². The molecule has 9 aliphatic heterocycles. The van der Waals surface area contributed by atoms with E-state index in [1.165, 1.54) is 0 Å². The van der Waals surface area contributed by atoms with Gasteiger partial charge in [-0.3, -0.25) is 46.2 Å². The van der Waals surface area contributed by atoms with Gasteiger partial charge in [-0.15, -0.1) is 0 Å². The molecule has 752 valence electrons. The summed E-state index contributed by atoms with van der Waals surface area (Å²) in [6.45, 7) is 40.7. The summed E-state index contributed by atoms with van der Waals surface area (Å²) in [4.78, 5) is 166. The van der Waals surface area contributed by atoms with Gasteiger partial charge in [0.15, 0.2) is 63.6 Å². The van der Waals surface area contributed by atoms with Gasteiger partial charge in [0.1, 0.15) is 54.1 Å². The minimum absolute atomic E-state index is 0. The summed E-state index contributed by atoms with van der Waals surface area (Å²) in [5, 5.41) is -1.60. The largest absolute Gasteiger partial charge is 0.457 e. The van der Waals surface area contributed by atoms with Crippen molar-refractivity contribution in [2.75, 3.05) is 33.0 Å². The maximum atomic E-state index is 12.0. The minimum atomic E-state index is -3.65. The van der Waals surface area contributed by atoms with Crippen molar-refractivity contribution in [2.24, 2.45) is 68.5 Å². The first-order chi connectivity index (χ1) is 56.3. The Bertz CT molecular complexity index is 4360. The normalized spacial score (nSPS) is 33.4. The lowest BCUT2D eigenvalue weighted by Crippen LogP contribution is -2.47. The van der Waals surface area contributed by atoms with Gasteiger partial charge in [0.25, 0.3) is 30.4 Å². The first kappa shape index (κ1) is 123. The fourth-order valence-electron chi connectivity index (χ4n) is 18.0. The van der Waals surface area contributed by atoms with Crippen molar-refractivity contribution in [3.8, 4) is 0 Å². The lowest BCUT2D eigenvalue weighted by atomic mass is 9.81. The number of fused-ring (bicyclic) bond motifs is 5. The van der Waals surface area contributed by atoms with Gasteiger partial charge in [-0.05, 0) is 139 Å². The predicted octanol–water partition coefficient (Wildman–Crippen LogP) is 10.3. The Morgan fingerprint density at radius 1 is 0.389 bits per heavy atom. The standard InChI is InChI=1S/C17H21NO6.C16H19NO7.C16H24O7S.C15H22O7S.C14H20O8S.CO2.10CH4/c1-5-16(2,3)14(20)22-8-11(19)23-12-9-6-10-13(12)24-15(21)17(10,7-9)18-4;1-5-15(2,3)13(19)21-7-9(18)23-10-8-6-16(17-4)12(22-8)11(10)24-14(16)20;1-5-16(3,4)15(18)21-7-11(17)22-12-9-6-10-13(12)23-24(19,20)14(10)8(9)2;1-4-15(2,3)14(17)20-7-11(16)21-12-8-5-9-10(6-8)23(18,19)22-13(9)12;1-4-14(2,3)13(16)19-6-9(15)21-10-7-5-8-11(20-7)12(10)22-23(8,17)18;2-1-3;;;;;;;;;;/h9-10,12-13H,5-8H2,1-3H3;8,10-12H,5-7H2,1-3H3;8-10,12-14H,5-7H2,1-4H3;8-10,12-13H,4-7H2,1-3H3;7-8,10-12H,4-6H2,1-3H3;;10*1H4. The van der Waals surface area contributed by atoms with Crippen molar-refractivity contribution in [1.29, 1.82) is 0 Å². The van der Waals surface area contributed by atoms with E-state index >= 15 is 0 Å². The van der Waals surface area contributed by atoms with Crippen LogP contribution in [0.4, 0.5) is 0 Å². The zero-order valence-corrected chi connectivity index (χ0v) is 72.6. The lowest BCUT2D eigenvalue weighted by Gasteiger charge is -2.29. The number of rotatable bonds is 25. The number of ether oxygens (including phenoxy) is 14. The van der Waals surface area contributed by atoms with Gasteiger partial charge in [0.2, 0.25) is 0 Å². The first-order valence-electron chi connectivity index (χ1n) is 40.4. The summed E-state index contributed by atoms with van der Waals surface area (Å²) in [5.74, 6) is -7.42. The quantitative estimate of drug-likeness (QED) is 0.0355. The highest BCUT2D eigenvalue weighted by Crippen LogP contribution is 2.61. The van der Waals surface area contributed by atoms with Crippen molar-refractivity contribution in [2.45, 2.75) is 374 Å². The third-order valence-corrected chi connectivity index (χ3v) is 32.5. The van der Waals surface area contributed by atoms with Gasteiger partial charge in [0.05, 0.1) is 56.0 Å². The van der Waals surface area contributed by atoms with Crippen LogP contribution in [0.25, 0.3) is 9.69 Å².